The molecule has 1 atom stereocenters. The number of thiazole rings is 1. The fourth-order valence-corrected chi connectivity index (χ4v) is 4.60. The van der Waals surface area contributed by atoms with Gasteiger partial charge in [0.15, 0.2) is 5.16 Å². The summed E-state index contributed by atoms with van der Waals surface area (Å²) < 4.78 is 2.23. The summed E-state index contributed by atoms with van der Waals surface area (Å²) in [5.41, 5.74) is 3.25. The lowest BCUT2D eigenvalue weighted by atomic mass is 10.1. The van der Waals surface area contributed by atoms with Crippen molar-refractivity contribution < 1.29 is 4.79 Å². The van der Waals surface area contributed by atoms with E-state index in [1.165, 1.54) is 17.5 Å². The number of carbonyl (C=O) groups excluding carboxylic acids is 1. The first-order valence-electron chi connectivity index (χ1n) is 9.50. The molecule has 0 aliphatic rings. The number of aryl methyl sites for hydroxylation is 1. The van der Waals surface area contributed by atoms with Gasteiger partial charge in [0.25, 0.3) is 0 Å². The van der Waals surface area contributed by atoms with Gasteiger partial charge in [-0.1, -0.05) is 55.4 Å². The molecule has 0 aliphatic carbocycles. The molecule has 0 spiro atoms. The number of thioether (sulfide) groups is 1. The van der Waals surface area contributed by atoms with Crippen molar-refractivity contribution in [3.63, 3.8) is 0 Å². The van der Waals surface area contributed by atoms with Gasteiger partial charge in [-0.25, -0.2) is 9.97 Å². The van der Waals surface area contributed by atoms with Gasteiger partial charge in [-0.3, -0.25) is 4.79 Å². The molecule has 28 heavy (non-hydrogen) atoms. The summed E-state index contributed by atoms with van der Waals surface area (Å²) >= 11 is 3.05. The van der Waals surface area contributed by atoms with Crippen LogP contribution in [0.1, 0.15) is 47.8 Å². The van der Waals surface area contributed by atoms with Gasteiger partial charge >= 0.3 is 0 Å². The molecule has 0 aliphatic heterocycles. The second-order valence-electron chi connectivity index (χ2n) is 6.64. The van der Waals surface area contributed by atoms with Crippen molar-refractivity contribution in [3.05, 3.63) is 63.9 Å². The standard InChI is InChI=1S/C21H26N4OS2/c1-4-5-12-25-16(3)15(2)23-21(25)28-14-18(26)24-19(20-22-11-13-27-20)17-9-7-6-8-10-17/h6-11,13,19H,4-5,12,14H2,1-3H3,(H,24,26). The van der Waals surface area contributed by atoms with Crippen LogP contribution in [0.4, 0.5) is 0 Å². The Morgan fingerprint density at radius 3 is 2.75 bits per heavy atom. The van der Waals surface area contributed by atoms with Gasteiger partial charge in [-0.05, 0) is 25.8 Å². The highest BCUT2D eigenvalue weighted by Crippen LogP contribution is 2.25. The van der Waals surface area contributed by atoms with E-state index < -0.39 is 0 Å². The van der Waals surface area contributed by atoms with Crippen LogP contribution in [0.3, 0.4) is 0 Å². The van der Waals surface area contributed by atoms with Crippen LogP contribution in [0.15, 0.2) is 47.1 Å². The van der Waals surface area contributed by atoms with Crippen LogP contribution in [-0.2, 0) is 11.3 Å². The fraction of sp³-hybridized carbons (Fsp3) is 0.381. The summed E-state index contributed by atoms with van der Waals surface area (Å²) in [6.45, 7) is 7.24. The van der Waals surface area contributed by atoms with Crippen LogP contribution < -0.4 is 5.32 Å². The molecule has 0 fully saturated rings. The Labute approximate surface area is 174 Å². The second kappa shape index (κ2) is 9.89. The summed E-state index contributed by atoms with van der Waals surface area (Å²) in [6.07, 6.45) is 4.01. The van der Waals surface area contributed by atoms with E-state index in [-0.39, 0.29) is 11.9 Å². The molecule has 2 heterocycles. The minimum absolute atomic E-state index is 0.0191. The Morgan fingerprint density at radius 1 is 1.29 bits per heavy atom. The summed E-state index contributed by atoms with van der Waals surface area (Å²) in [7, 11) is 0. The summed E-state index contributed by atoms with van der Waals surface area (Å²) in [4.78, 5) is 21.8. The lowest BCUT2D eigenvalue weighted by molar-refractivity contribution is -0.119. The zero-order valence-corrected chi connectivity index (χ0v) is 18.1. The molecular weight excluding hydrogens is 388 g/mol. The van der Waals surface area contributed by atoms with Crippen LogP contribution in [0, 0.1) is 13.8 Å². The summed E-state index contributed by atoms with van der Waals surface area (Å²) in [5.74, 6) is 0.311. The zero-order valence-electron chi connectivity index (χ0n) is 16.5. The van der Waals surface area contributed by atoms with Gasteiger partial charge in [-0.2, -0.15) is 0 Å². The molecule has 1 amide bonds. The van der Waals surface area contributed by atoms with Crippen LogP contribution in [0.5, 0.6) is 0 Å². The highest BCUT2D eigenvalue weighted by molar-refractivity contribution is 7.99. The maximum atomic E-state index is 12.7. The average Bonchev–Trinajstić information content (AvgIpc) is 3.33. The van der Waals surface area contributed by atoms with E-state index >= 15 is 0 Å². The van der Waals surface area contributed by atoms with Crippen LogP contribution in [-0.4, -0.2) is 26.2 Å². The number of hydrogen-bond acceptors (Lipinski definition) is 5. The van der Waals surface area contributed by atoms with E-state index in [4.69, 9.17) is 0 Å². The molecule has 1 unspecified atom stereocenters. The summed E-state index contributed by atoms with van der Waals surface area (Å²) in [5, 5.41) is 6.88. The minimum atomic E-state index is -0.224. The number of hydrogen-bond donors (Lipinski definition) is 1. The molecular formula is C21H26N4OS2. The topological polar surface area (TPSA) is 59.8 Å². The van der Waals surface area contributed by atoms with Crippen molar-refractivity contribution in [2.24, 2.45) is 0 Å². The van der Waals surface area contributed by atoms with E-state index in [1.807, 2.05) is 42.6 Å². The number of carbonyl (C=O) groups is 1. The first-order chi connectivity index (χ1) is 13.6. The highest BCUT2D eigenvalue weighted by Gasteiger charge is 2.20. The Balaban J connectivity index is 1.68. The Hall–Kier alpha value is -2.12. The highest BCUT2D eigenvalue weighted by atomic mass is 32.2. The largest absolute Gasteiger partial charge is 0.342 e. The maximum absolute atomic E-state index is 12.7. The zero-order chi connectivity index (χ0) is 19.9. The lowest BCUT2D eigenvalue weighted by Gasteiger charge is -2.17. The van der Waals surface area contributed by atoms with Gasteiger partial charge in [0, 0.05) is 23.8 Å². The van der Waals surface area contributed by atoms with E-state index in [2.05, 4.69) is 33.7 Å². The molecule has 0 saturated carbocycles. The number of benzene rings is 1. The third kappa shape index (κ3) is 5.02. The van der Waals surface area contributed by atoms with Crippen LogP contribution in [0.25, 0.3) is 0 Å². The first kappa shape index (κ1) is 20.6. The van der Waals surface area contributed by atoms with Gasteiger partial charge in [0.2, 0.25) is 5.91 Å². The normalized spacial score (nSPS) is 12.1. The van der Waals surface area contributed by atoms with Gasteiger partial charge in [-0.15, -0.1) is 11.3 Å². The maximum Gasteiger partial charge on any atom is 0.231 e. The summed E-state index contributed by atoms with van der Waals surface area (Å²) in [6, 6.07) is 9.74. The number of aromatic nitrogens is 3. The van der Waals surface area contributed by atoms with Crippen molar-refractivity contribution >= 4 is 29.0 Å². The Morgan fingerprint density at radius 2 is 2.07 bits per heavy atom. The number of imidazole rings is 1. The minimum Gasteiger partial charge on any atom is -0.342 e. The molecule has 0 radical (unpaired) electrons. The van der Waals surface area contributed by atoms with Gasteiger partial charge in [0.05, 0.1) is 11.4 Å². The molecule has 7 heteroatoms. The molecule has 2 aromatic heterocycles. The predicted octanol–water partition coefficient (Wildman–Crippen LogP) is 4.75. The van der Waals surface area contributed by atoms with Gasteiger partial charge < -0.3 is 9.88 Å². The molecule has 5 nitrogen and oxygen atoms in total. The SMILES string of the molecule is CCCCn1c(SCC(=O)NC(c2ccccc2)c2nccs2)nc(C)c1C. The third-order valence-corrected chi connectivity index (χ3v) is 6.44. The molecule has 3 rings (SSSR count). The quantitative estimate of drug-likeness (QED) is 0.513. The number of rotatable bonds is 9. The number of nitrogens with one attached hydrogen (secondary N) is 1. The average molecular weight is 415 g/mol. The third-order valence-electron chi connectivity index (χ3n) is 4.63. The van der Waals surface area contributed by atoms with E-state index in [0.29, 0.717) is 5.75 Å². The van der Waals surface area contributed by atoms with E-state index in [0.717, 1.165) is 40.8 Å². The Kier molecular flexibility index (Phi) is 7.28. The number of amides is 1. The fourth-order valence-electron chi connectivity index (χ4n) is 2.96. The number of unbranched alkanes of at least 4 members (excludes halogenated alkanes) is 1. The number of nitrogens with zero attached hydrogens (tertiary/aromatic N) is 3. The first-order valence-corrected chi connectivity index (χ1v) is 11.4. The van der Waals surface area contributed by atoms with Crippen molar-refractivity contribution in [2.45, 2.75) is 51.4 Å². The molecule has 1 N–H and O–H groups in total. The van der Waals surface area contributed by atoms with Crippen LogP contribution in [0.2, 0.25) is 0 Å². The molecule has 0 bridgehead atoms. The molecule has 1 aromatic carbocycles. The van der Waals surface area contributed by atoms with Crippen LogP contribution >= 0.6 is 23.1 Å². The lowest BCUT2D eigenvalue weighted by Crippen LogP contribution is -2.30. The van der Waals surface area contributed by atoms with Crippen molar-refractivity contribution in [3.8, 4) is 0 Å². The van der Waals surface area contributed by atoms with E-state index in [9.17, 15) is 4.79 Å². The van der Waals surface area contributed by atoms with Crippen molar-refractivity contribution in [2.75, 3.05) is 5.75 Å². The molecule has 148 valence electrons. The van der Waals surface area contributed by atoms with Gasteiger partial charge in [0.1, 0.15) is 11.0 Å². The monoisotopic (exact) mass is 414 g/mol. The molecule has 3 aromatic rings. The predicted molar refractivity (Wildman–Crippen MR) is 116 cm³/mol. The smallest absolute Gasteiger partial charge is 0.231 e. The Bertz CT molecular complexity index is 891. The second-order valence-corrected chi connectivity index (χ2v) is 8.51. The van der Waals surface area contributed by atoms with E-state index in [1.54, 1.807) is 17.5 Å². The molecule has 0 saturated heterocycles. The van der Waals surface area contributed by atoms with Crippen molar-refractivity contribution in [1.29, 1.82) is 0 Å². The van der Waals surface area contributed by atoms with Crippen molar-refractivity contribution in [1.82, 2.24) is 19.9 Å².